The maximum Gasteiger partial charge on any atom is 0.326 e. The Bertz CT molecular complexity index is 284. The number of carboxylic acids is 1. The molecule has 1 amide bonds. The van der Waals surface area contributed by atoms with E-state index in [0.717, 1.165) is 38.5 Å². The zero-order valence-electron chi connectivity index (χ0n) is 10.8. The van der Waals surface area contributed by atoms with Crippen molar-refractivity contribution in [1.82, 2.24) is 5.32 Å². The van der Waals surface area contributed by atoms with Gasteiger partial charge in [0.2, 0.25) is 5.91 Å². The summed E-state index contributed by atoms with van der Waals surface area (Å²) < 4.78 is 0. The summed E-state index contributed by atoms with van der Waals surface area (Å²) in [6, 6.07) is -0.721. The summed E-state index contributed by atoms with van der Waals surface area (Å²) in [5.41, 5.74) is -0.268. The van der Waals surface area contributed by atoms with Crippen LogP contribution in [0.5, 0.6) is 0 Å². The van der Waals surface area contributed by atoms with Gasteiger partial charge in [0.25, 0.3) is 0 Å². The summed E-state index contributed by atoms with van der Waals surface area (Å²) in [5, 5.41) is 11.7. The van der Waals surface area contributed by atoms with Crippen LogP contribution >= 0.6 is 0 Å². The van der Waals surface area contributed by atoms with Crippen molar-refractivity contribution < 1.29 is 14.7 Å². The van der Waals surface area contributed by atoms with Crippen LogP contribution in [0.3, 0.4) is 0 Å². The van der Waals surface area contributed by atoms with E-state index in [1.807, 2.05) is 6.92 Å². The van der Waals surface area contributed by atoms with E-state index in [2.05, 4.69) is 12.2 Å². The maximum absolute atomic E-state index is 12.2. The SMILES string of the molecule is CCCC(NC(=O)C1(CCC)CCC1)C(=O)O. The van der Waals surface area contributed by atoms with E-state index >= 15 is 0 Å². The summed E-state index contributed by atoms with van der Waals surface area (Å²) in [4.78, 5) is 23.2. The van der Waals surface area contributed by atoms with Gasteiger partial charge in [0.1, 0.15) is 6.04 Å². The Balaban J connectivity index is 2.59. The van der Waals surface area contributed by atoms with Gasteiger partial charge in [0, 0.05) is 5.41 Å². The molecular formula is C13H23NO3. The summed E-state index contributed by atoms with van der Waals surface area (Å²) >= 11 is 0. The molecule has 0 aliphatic heterocycles. The highest BCUT2D eigenvalue weighted by molar-refractivity contribution is 5.88. The second-order valence-corrected chi connectivity index (χ2v) is 5.04. The first-order valence-electron chi connectivity index (χ1n) is 6.59. The number of aliphatic carboxylic acids is 1. The highest BCUT2D eigenvalue weighted by Crippen LogP contribution is 2.45. The summed E-state index contributed by atoms with van der Waals surface area (Å²) in [7, 11) is 0. The Morgan fingerprint density at radius 3 is 2.29 bits per heavy atom. The number of carbonyl (C=O) groups is 2. The quantitative estimate of drug-likeness (QED) is 0.719. The van der Waals surface area contributed by atoms with Crippen LogP contribution in [0.1, 0.15) is 58.8 Å². The minimum Gasteiger partial charge on any atom is -0.480 e. The van der Waals surface area contributed by atoms with Crippen molar-refractivity contribution in [2.24, 2.45) is 5.41 Å². The van der Waals surface area contributed by atoms with Crippen molar-refractivity contribution in [3.8, 4) is 0 Å². The lowest BCUT2D eigenvalue weighted by atomic mass is 9.65. The third kappa shape index (κ3) is 3.20. The van der Waals surface area contributed by atoms with Gasteiger partial charge < -0.3 is 10.4 Å². The summed E-state index contributed by atoms with van der Waals surface area (Å²) in [6.45, 7) is 3.99. The Morgan fingerprint density at radius 1 is 1.29 bits per heavy atom. The molecule has 4 nitrogen and oxygen atoms in total. The highest BCUT2D eigenvalue weighted by Gasteiger charge is 2.43. The van der Waals surface area contributed by atoms with Gasteiger partial charge in [0.05, 0.1) is 0 Å². The molecule has 2 N–H and O–H groups in total. The van der Waals surface area contributed by atoms with Crippen LogP contribution in [0.25, 0.3) is 0 Å². The number of amides is 1. The third-order valence-electron chi connectivity index (χ3n) is 3.70. The van der Waals surface area contributed by atoms with Gasteiger partial charge >= 0.3 is 5.97 Å². The average molecular weight is 241 g/mol. The summed E-state index contributed by atoms with van der Waals surface area (Å²) in [6.07, 6.45) is 6.01. The maximum atomic E-state index is 12.2. The lowest BCUT2D eigenvalue weighted by molar-refractivity contribution is -0.146. The third-order valence-corrected chi connectivity index (χ3v) is 3.70. The van der Waals surface area contributed by atoms with Crippen LogP contribution in [0.4, 0.5) is 0 Å². The first kappa shape index (κ1) is 14.0. The molecule has 0 aromatic rings. The van der Waals surface area contributed by atoms with Crippen molar-refractivity contribution >= 4 is 11.9 Å². The molecule has 17 heavy (non-hydrogen) atoms. The van der Waals surface area contributed by atoms with Gasteiger partial charge in [-0.25, -0.2) is 4.79 Å². The van der Waals surface area contributed by atoms with Crippen LogP contribution in [0.15, 0.2) is 0 Å². The lowest BCUT2D eigenvalue weighted by Gasteiger charge is -2.40. The molecule has 1 rings (SSSR count). The Hall–Kier alpha value is -1.06. The molecule has 0 aromatic carbocycles. The molecule has 0 aromatic heterocycles. The molecule has 0 heterocycles. The smallest absolute Gasteiger partial charge is 0.326 e. The Kier molecular flexibility index (Phi) is 4.97. The van der Waals surface area contributed by atoms with E-state index in [-0.39, 0.29) is 11.3 Å². The molecule has 1 saturated carbocycles. The zero-order chi connectivity index (χ0) is 12.9. The normalized spacial score (nSPS) is 19.2. The van der Waals surface area contributed by atoms with Gasteiger partial charge in [0.15, 0.2) is 0 Å². The number of nitrogens with one attached hydrogen (secondary N) is 1. The highest BCUT2D eigenvalue weighted by atomic mass is 16.4. The molecule has 0 radical (unpaired) electrons. The number of carbonyl (C=O) groups excluding carboxylic acids is 1. The van der Waals surface area contributed by atoms with E-state index in [0.29, 0.717) is 6.42 Å². The van der Waals surface area contributed by atoms with Crippen molar-refractivity contribution in [1.29, 1.82) is 0 Å². The standard InChI is InChI=1S/C13H23NO3/c1-3-6-10(11(15)16)14-12(17)13(7-4-2)8-5-9-13/h10H,3-9H2,1-2H3,(H,14,17)(H,15,16). The first-order valence-corrected chi connectivity index (χ1v) is 6.59. The molecular weight excluding hydrogens is 218 g/mol. The van der Waals surface area contributed by atoms with Crippen LogP contribution < -0.4 is 5.32 Å². The lowest BCUT2D eigenvalue weighted by Crippen LogP contribution is -2.51. The molecule has 1 atom stereocenters. The molecule has 0 bridgehead atoms. The van der Waals surface area contributed by atoms with Crippen LogP contribution in [-0.4, -0.2) is 23.0 Å². The van der Waals surface area contributed by atoms with Crippen LogP contribution in [-0.2, 0) is 9.59 Å². The number of rotatable bonds is 7. The van der Waals surface area contributed by atoms with E-state index in [1.165, 1.54) is 0 Å². The van der Waals surface area contributed by atoms with Gasteiger partial charge in [-0.3, -0.25) is 4.79 Å². The summed E-state index contributed by atoms with van der Waals surface area (Å²) in [5.74, 6) is -0.974. The molecule has 4 heteroatoms. The van der Waals surface area contributed by atoms with E-state index in [9.17, 15) is 9.59 Å². The van der Waals surface area contributed by atoms with Gasteiger partial charge in [-0.2, -0.15) is 0 Å². The van der Waals surface area contributed by atoms with E-state index in [1.54, 1.807) is 0 Å². The molecule has 1 aliphatic rings. The Labute approximate surface area is 103 Å². The predicted octanol–water partition coefficient (Wildman–Crippen LogP) is 2.33. The van der Waals surface area contributed by atoms with Crippen LogP contribution in [0.2, 0.25) is 0 Å². The van der Waals surface area contributed by atoms with E-state index < -0.39 is 12.0 Å². The van der Waals surface area contributed by atoms with Crippen LogP contribution in [0, 0.1) is 5.41 Å². The largest absolute Gasteiger partial charge is 0.480 e. The van der Waals surface area contributed by atoms with Gasteiger partial charge in [-0.05, 0) is 25.7 Å². The fourth-order valence-corrected chi connectivity index (χ4v) is 2.53. The topological polar surface area (TPSA) is 66.4 Å². The molecule has 1 fully saturated rings. The van der Waals surface area contributed by atoms with Crippen molar-refractivity contribution in [3.63, 3.8) is 0 Å². The number of hydrogen-bond donors (Lipinski definition) is 2. The van der Waals surface area contributed by atoms with E-state index in [4.69, 9.17) is 5.11 Å². The van der Waals surface area contributed by atoms with Gasteiger partial charge in [-0.1, -0.05) is 33.1 Å². The fraction of sp³-hybridized carbons (Fsp3) is 0.846. The fourth-order valence-electron chi connectivity index (χ4n) is 2.53. The molecule has 0 saturated heterocycles. The molecule has 98 valence electrons. The second kappa shape index (κ2) is 6.03. The van der Waals surface area contributed by atoms with Crippen molar-refractivity contribution in [2.45, 2.75) is 64.8 Å². The molecule has 0 spiro atoms. The molecule has 1 unspecified atom stereocenters. The zero-order valence-corrected chi connectivity index (χ0v) is 10.8. The number of hydrogen-bond acceptors (Lipinski definition) is 2. The average Bonchev–Trinajstić information content (AvgIpc) is 2.22. The predicted molar refractivity (Wildman–Crippen MR) is 65.7 cm³/mol. The van der Waals surface area contributed by atoms with Crippen molar-refractivity contribution in [3.05, 3.63) is 0 Å². The van der Waals surface area contributed by atoms with Crippen molar-refractivity contribution in [2.75, 3.05) is 0 Å². The minimum atomic E-state index is -0.925. The Morgan fingerprint density at radius 2 is 1.94 bits per heavy atom. The minimum absolute atomic E-state index is 0.0496. The first-order chi connectivity index (χ1) is 8.05. The number of carboxylic acid groups (broad SMARTS) is 1. The monoisotopic (exact) mass is 241 g/mol. The molecule has 1 aliphatic carbocycles. The van der Waals surface area contributed by atoms with Gasteiger partial charge in [-0.15, -0.1) is 0 Å². The second-order valence-electron chi connectivity index (χ2n) is 5.04.